The van der Waals surface area contributed by atoms with Gasteiger partial charge in [-0.25, -0.2) is 0 Å². The molecule has 1 heterocycles. The Morgan fingerprint density at radius 1 is 1.25 bits per heavy atom. The smallest absolute Gasteiger partial charge is 0.119 e. The van der Waals surface area contributed by atoms with Crippen molar-refractivity contribution in [2.45, 2.75) is 45.8 Å². The molecular formula is C17H28NO2+. The van der Waals surface area contributed by atoms with Gasteiger partial charge in [0.25, 0.3) is 0 Å². The zero-order chi connectivity index (χ0) is 14.4. The summed E-state index contributed by atoms with van der Waals surface area (Å²) < 4.78 is 11.6. The number of hydrogen-bond acceptors (Lipinski definition) is 2. The van der Waals surface area contributed by atoms with Crippen LogP contribution in [-0.2, 0) is 11.2 Å². The lowest BCUT2D eigenvalue weighted by Crippen LogP contribution is -3.15. The van der Waals surface area contributed by atoms with Crippen molar-refractivity contribution >= 4 is 0 Å². The number of benzene rings is 1. The summed E-state index contributed by atoms with van der Waals surface area (Å²) in [5.41, 5.74) is 1.34. The second kappa shape index (κ2) is 7.65. The van der Waals surface area contributed by atoms with Crippen LogP contribution in [0.5, 0.6) is 5.75 Å². The number of quaternary nitrogens is 1. The first kappa shape index (κ1) is 15.3. The Hall–Kier alpha value is -1.06. The Morgan fingerprint density at radius 3 is 2.70 bits per heavy atom. The fourth-order valence-corrected chi connectivity index (χ4v) is 2.96. The minimum Gasteiger partial charge on any atom is -0.493 e. The second-order valence-corrected chi connectivity index (χ2v) is 5.87. The van der Waals surface area contributed by atoms with E-state index in [1.54, 1.807) is 4.90 Å². The monoisotopic (exact) mass is 278 g/mol. The molecule has 0 unspecified atom stereocenters. The van der Waals surface area contributed by atoms with Gasteiger partial charge in [0.15, 0.2) is 0 Å². The Labute approximate surface area is 122 Å². The topological polar surface area (TPSA) is 22.9 Å². The van der Waals surface area contributed by atoms with Crippen molar-refractivity contribution in [3.05, 3.63) is 29.8 Å². The quantitative estimate of drug-likeness (QED) is 0.801. The number of aryl methyl sites for hydroxylation is 1. The maximum absolute atomic E-state index is 5.85. The first-order chi connectivity index (χ1) is 9.67. The zero-order valence-corrected chi connectivity index (χ0v) is 13.0. The van der Waals surface area contributed by atoms with Crippen LogP contribution in [-0.4, -0.2) is 38.4 Å². The van der Waals surface area contributed by atoms with Crippen LogP contribution in [0.4, 0.5) is 0 Å². The first-order valence-corrected chi connectivity index (χ1v) is 7.88. The summed E-state index contributed by atoms with van der Waals surface area (Å²) in [6.07, 6.45) is 2.93. The lowest BCUT2D eigenvalue weighted by molar-refractivity contribution is -0.915. The molecule has 3 heteroatoms. The zero-order valence-electron chi connectivity index (χ0n) is 13.0. The van der Waals surface area contributed by atoms with Crippen LogP contribution in [0, 0.1) is 0 Å². The molecule has 0 aliphatic carbocycles. The molecular weight excluding hydrogens is 250 g/mol. The Morgan fingerprint density at radius 2 is 2.00 bits per heavy atom. The van der Waals surface area contributed by atoms with Gasteiger partial charge in [-0.1, -0.05) is 19.1 Å². The number of morpholine rings is 1. The fraction of sp³-hybridized carbons (Fsp3) is 0.647. The van der Waals surface area contributed by atoms with Crippen LogP contribution in [0.1, 0.15) is 32.8 Å². The molecule has 2 atom stereocenters. The Bertz CT molecular complexity index is 398. The summed E-state index contributed by atoms with van der Waals surface area (Å²) in [5, 5.41) is 0. The highest BCUT2D eigenvalue weighted by molar-refractivity contribution is 5.28. The Balaban J connectivity index is 1.68. The summed E-state index contributed by atoms with van der Waals surface area (Å²) in [5.74, 6) is 1.00. The molecule has 1 aliphatic rings. The molecule has 2 rings (SSSR count). The van der Waals surface area contributed by atoms with E-state index < -0.39 is 0 Å². The van der Waals surface area contributed by atoms with Gasteiger partial charge in [0, 0.05) is 6.42 Å². The number of rotatable bonds is 6. The summed E-state index contributed by atoms with van der Waals surface area (Å²) >= 11 is 0. The van der Waals surface area contributed by atoms with E-state index >= 15 is 0 Å². The third-order valence-electron chi connectivity index (χ3n) is 3.87. The van der Waals surface area contributed by atoms with Crippen molar-refractivity contribution in [1.82, 2.24) is 0 Å². The van der Waals surface area contributed by atoms with Crippen LogP contribution in [0.2, 0.25) is 0 Å². The van der Waals surface area contributed by atoms with E-state index in [1.165, 1.54) is 12.1 Å². The van der Waals surface area contributed by atoms with Gasteiger partial charge in [-0.3, -0.25) is 0 Å². The maximum atomic E-state index is 5.85. The average Bonchev–Trinajstić information content (AvgIpc) is 2.43. The minimum absolute atomic E-state index is 0.385. The summed E-state index contributed by atoms with van der Waals surface area (Å²) in [6.45, 7) is 10.7. The normalized spacial score (nSPS) is 26.4. The average molecular weight is 278 g/mol. The number of nitrogens with one attached hydrogen (secondary N) is 1. The van der Waals surface area contributed by atoms with Gasteiger partial charge in [-0.2, -0.15) is 0 Å². The summed E-state index contributed by atoms with van der Waals surface area (Å²) in [4.78, 5) is 1.64. The molecule has 1 fully saturated rings. The van der Waals surface area contributed by atoms with E-state index in [2.05, 4.69) is 39.0 Å². The number of hydrogen-bond donors (Lipinski definition) is 1. The highest BCUT2D eigenvalue weighted by Crippen LogP contribution is 2.13. The standard InChI is InChI=1S/C17H27NO2/c1-4-16-7-5-8-17(11-16)19-10-6-9-18-12-14(2)20-15(3)13-18/h5,7-8,11,14-15H,4,6,9-10,12-13H2,1-3H3/p+1/t14-,15-/m0/s1. The molecule has 0 spiro atoms. The third-order valence-corrected chi connectivity index (χ3v) is 3.87. The van der Waals surface area contributed by atoms with Gasteiger partial charge in [-0.05, 0) is 38.0 Å². The molecule has 1 saturated heterocycles. The van der Waals surface area contributed by atoms with Crippen LogP contribution in [0.3, 0.4) is 0 Å². The van der Waals surface area contributed by atoms with Crippen LogP contribution in [0.25, 0.3) is 0 Å². The molecule has 1 N–H and O–H groups in total. The van der Waals surface area contributed by atoms with Crippen molar-refractivity contribution in [1.29, 1.82) is 0 Å². The molecule has 112 valence electrons. The van der Waals surface area contributed by atoms with E-state index in [0.717, 1.165) is 38.3 Å². The van der Waals surface area contributed by atoms with Gasteiger partial charge in [0.2, 0.25) is 0 Å². The molecule has 0 radical (unpaired) electrons. The number of ether oxygens (including phenoxy) is 2. The first-order valence-electron chi connectivity index (χ1n) is 7.88. The molecule has 3 nitrogen and oxygen atoms in total. The predicted molar refractivity (Wildman–Crippen MR) is 81.5 cm³/mol. The molecule has 0 saturated carbocycles. The highest BCUT2D eigenvalue weighted by atomic mass is 16.5. The lowest BCUT2D eigenvalue weighted by atomic mass is 10.2. The summed E-state index contributed by atoms with van der Waals surface area (Å²) in [6, 6.07) is 8.41. The van der Waals surface area contributed by atoms with E-state index in [4.69, 9.17) is 9.47 Å². The van der Waals surface area contributed by atoms with Crippen molar-refractivity contribution < 1.29 is 14.4 Å². The predicted octanol–water partition coefficient (Wildman–Crippen LogP) is 1.71. The van der Waals surface area contributed by atoms with Gasteiger partial charge < -0.3 is 14.4 Å². The van der Waals surface area contributed by atoms with E-state index in [-0.39, 0.29) is 0 Å². The highest BCUT2D eigenvalue weighted by Gasteiger charge is 2.24. The van der Waals surface area contributed by atoms with Crippen molar-refractivity contribution in [2.24, 2.45) is 0 Å². The maximum Gasteiger partial charge on any atom is 0.119 e. The summed E-state index contributed by atoms with van der Waals surface area (Å²) in [7, 11) is 0. The molecule has 1 aromatic rings. The van der Waals surface area contributed by atoms with Crippen molar-refractivity contribution in [3.63, 3.8) is 0 Å². The van der Waals surface area contributed by atoms with Crippen molar-refractivity contribution in [3.8, 4) is 5.75 Å². The van der Waals surface area contributed by atoms with Gasteiger partial charge in [-0.15, -0.1) is 0 Å². The van der Waals surface area contributed by atoms with E-state index in [0.29, 0.717) is 12.2 Å². The second-order valence-electron chi connectivity index (χ2n) is 5.87. The molecule has 20 heavy (non-hydrogen) atoms. The molecule has 1 aromatic carbocycles. The van der Waals surface area contributed by atoms with Crippen LogP contribution in [0.15, 0.2) is 24.3 Å². The van der Waals surface area contributed by atoms with Crippen LogP contribution >= 0.6 is 0 Å². The fourth-order valence-electron chi connectivity index (χ4n) is 2.96. The largest absolute Gasteiger partial charge is 0.493 e. The SMILES string of the molecule is CCc1cccc(OCCC[NH+]2C[C@H](C)O[C@@H](C)C2)c1. The van der Waals surface area contributed by atoms with Crippen molar-refractivity contribution in [2.75, 3.05) is 26.2 Å². The molecule has 0 aromatic heterocycles. The molecule has 1 aliphatic heterocycles. The Kier molecular flexibility index (Phi) is 5.86. The minimum atomic E-state index is 0.385. The van der Waals surface area contributed by atoms with E-state index in [9.17, 15) is 0 Å². The molecule has 0 bridgehead atoms. The van der Waals surface area contributed by atoms with Gasteiger partial charge in [0.05, 0.1) is 13.2 Å². The molecule has 0 amide bonds. The van der Waals surface area contributed by atoms with Gasteiger partial charge >= 0.3 is 0 Å². The van der Waals surface area contributed by atoms with Gasteiger partial charge in [0.1, 0.15) is 31.0 Å². The third kappa shape index (κ3) is 4.80. The lowest BCUT2D eigenvalue weighted by Gasteiger charge is -2.32. The van der Waals surface area contributed by atoms with E-state index in [1.807, 2.05) is 6.07 Å². The van der Waals surface area contributed by atoms with Crippen LogP contribution < -0.4 is 9.64 Å².